The summed E-state index contributed by atoms with van der Waals surface area (Å²) in [6.07, 6.45) is 11.7. The first-order valence-electron chi connectivity index (χ1n) is 14.6. The van der Waals surface area contributed by atoms with Crippen LogP contribution in [0, 0.1) is 0 Å². The molecule has 3 aromatic rings. The number of hydrogen-bond acceptors (Lipinski definition) is 9. The molecule has 210 valence electrons. The zero-order valence-corrected chi connectivity index (χ0v) is 23.0. The SMILES string of the molecule is Nc1cc(N2CCN(Cc3ncc[nH]3)CC2)nc(NCc2ccc(CNCCCNC3CCCCC3)cc2)n1. The third-order valence-electron chi connectivity index (χ3n) is 7.73. The third kappa shape index (κ3) is 8.64. The fraction of sp³-hybridized carbons (Fsp3) is 0.552. The monoisotopic (exact) mass is 532 g/mol. The summed E-state index contributed by atoms with van der Waals surface area (Å²) in [4.78, 5) is 21.4. The second kappa shape index (κ2) is 14.3. The van der Waals surface area contributed by atoms with E-state index in [1.165, 1.54) is 49.7 Å². The predicted molar refractivity (Wildman–Crippen MR) is 157 cm³/mol. The number of rotatable bonds is 13. The Morgan fingerprint density at radius 2 is 1.69 bits per heavy atom. The van der Waals surface area contributed by atoms with Crippen molar-refractivity contribution in [2.45, 2.75) is 64.2 Å². The number of nitrogens with zero attached hydrogens (tertiary/aromatic N) is 5. The number of benzene rings is 1. The van der Waals surface area contributed by atoms with Gasteiger partial charge in [-0.05, 0) is 43.5 Å². The molecule has 0 atom stereocenters. The van der Waals surface area contributed by atoms with E-state index in [9.17, 15) is 0 Å². The van der Waals surface area contributed by atoms with Crippen molar-refractivity contribution in [1.82, 2.24) is 35.5 Å². The Morgan fingerprint density at radius 3 is 2.44 bits per heavy atom. The minimum Gasteiger partial charge on any atom is -0.383 e. The standard InChI is InChI=1S/C29H44N10/c30-26-19-28(39-17-15-38(16-18-39)22-27-33-13-14-34-27)37-29(36-26)35-21-24-9-7-23(8-10-24)20-31-11-4-12-32-25-5-2-1-3-6-25/h7-10,13-14,19,25,31-32H,1-6,11-12,15-18,20-22H2,(H,33,34)(H3,30,35,36,37). The van der Waals surface area contributed by atoms with E-state index in [0.29, 0.717) is 18.3 Å². The molecular formula is C29H44N10. The van der Waals surface area contributed by atoms with Crippen molar-refractivity contribution in [3.63, 3.8) is 0 Å². The molecule has 1 saturated carbocycles. The van der Waals surface area contributed by atoms with Gasteiger partial charge in [0.2, 0.25) is 5.95 Å². The number of H-pyrrole nitrogens is 1. The highest BCUT2D eigenvalue weighted by molar-refractivity contribution is 5.52. The molecule has 1 aliphatic heterocycles. The summed E-state index contributed by atoms with van der Waals surface area (Å²) in [5, 5.41) is 10.6. The lowest BCUT2D eigenvalue weighted by Crippen LogP contribution is -2.46. The average molecular weight is 533 g/mol. The molecular weight excluding hydrogens is 488 g/mol. The minimum atomic E-state index is 0.482. The smallest absolute Gasteiger partial charge is 0.226 e. The summed E-state index contributed by atoms with van der Waals surface area (Å²) in [5.74, 6) is 2.92. The molecule has 6 N–H and O–H groups in total. The van der Waals surface area contributed by atoms with Gasteiger partial charge in [-0.2, -0.15) is 9.97 Å². The number of imidazole rings is 1. The van der Waals surface area contributed by atoms with Gasteiger partial charge in [0.05, 0.1) is 6.54 Å². The van der Waals surface area contributed by atoms with E-state index in [-0.39, 0.29) is 0 Å². The van der Waals surface area contributed by atoms with E-state index in [1.54, 1.807) is 6.20 Å². The van der Waals surface area contributed by atoms with Gasteiger partial charge in [0.25, 0.3) is 0 Å². The zero-order chi connectivity index (χ0) is 26.7. The Labute approximate surface area is 232 Å². The van der Waals surface area contributed by atoms with Crippen molar-refractivity contribution >= 4 is 17.6 Å². The van der Waals surface area contributed by atoms with Crippen LogP contribution in [0.4, 0.5) is 17.6 Å². The number of piperazine rings is 1. The van der Waals surface area contributed by atoms with Crippen molar-refractivity contribution in [1.29, 1.82) is 0 Å². The van der Waals surface area contributed by atoms with Crippen LogP contribution < -0.4 is 26.6 Å². The molecule has 0 amide bonds. The van der Waals surface area contributed by atoms with Crippen LogP contribution in [0.15, 0.2) is 42.7 Å². The molecule has 39 heavy (non-hydrogen) atoms. The number of nitrogens with two attached hydrogens (primary N) is 1. The number of aromatic amines is 1. The van der Waals surface area contributed by atoms with Crippen LogP contribution in [0.25, 0.3) is 0 Å². The fourth-order valence-corrected chi connectivity index (χ4v) is 5.44. The highest BCUT2D eigenvalue weighted by Crippen LogP contribution is 2.20. The molecule has 2 fully saturated rings. The molecule has 10 heteroatoms. The van der Waals surface area contributed by atoms with E-state index in [2.05, 4.69) is 65.0 Å². The number of nitrogen functional groups attached to an aromatic ring is 1. The third-order valence-corrected chi connectivity index (χ3v) is 7.73. The van der Waals surface area contributed by atoms with E-state index < -0.39 is 0 Å². The van der Waals surface area contributed by atoms with E-state index in [1.807, 2.05) is 12.3 Å². The van der Waals surface area contributed by atoms with E-state index >= 15 is 0 Å². The lowest BCUT2D eigenvalue weighted by molar-refractivity contribution is 0.244. The first-order valence-corrected chi connectivity index (χ1v) is 14.6. The maximum absolute atomic E-state index is 6.14. The van der Waals surface area contributed by atoms with Gasteiger partial charge in [0, 0.05) is 63.8 Å². The fourth-order valence-electron chi connectivity index (χ4n) is 5.44. The largest absolute Gasteiger partial charge is 0.383 e. The highest BCUT2D eigenvalue weighted by atomic mass is 15.3. The first kappa shape index (κ1) is 27.4. The second-order valence-corrected chi connectivity index (χ2v) is 10.8. The maximum atomic E-state index is 6.14. The van der Waals surface area contributed by atoms with Crippen LogP contribution in [0.3, 0.4) is 0 Å². The zero-order valence-electron chi connectivity index (χ0n) is 23.0. The average Bonchev–Trinajstić information content (AvgIpc) is 3.48. The van der Waals surface area contributed by atoms with Crippen molar-refractivity contribution in [2.24, 2.45) is 0 Å². The van der Waals surface area contributed by atoms with Crippen LogP contribution >= 0.6 is 0 Å². The molecule has 5 rings (SSSR count). The first-order chi connectivity index (χ1) is 19.2. The van der Waals surface area contributed by atoms with Gasteiger partial charge < -0.3 is 31.6 Å². The summed E-state index contributed by atoms with van der Waals surface area (Å²) in [6.45, 7) is 8.22. The number of anilines is 3. The highest BCUT2D eigenvalue weighted by Gasteiger charge is 2.20. The number of aromatic nitrogens is 4. The molecule has 1 aliphatic carbocycles. The van der Waals surface area contributed by atoms with Crippen molar-refractivity contribution in [2.75, 3.05) is 55.2 Å². The van der Waals surface area contributed by atoms with Gasteiger partial charge in [0.15, 0.2) is 0 Å². The van der Waals surface area contributed by atoms with Crippen LogP contribution in [-0.4, -0.2) is 70.1 Å². The Morgan fingerprint density at radius 1 is 0.923 bits per heavy atom. The van der Waals surface area contributed by atoms with Gasteiger partial charge in [-0.3, -0.25) is 4.90 Å². The number of hydrogen-bond donors (Lipinski definition) is 5. The minimum absolute atomic E-state index is 0.482. The Kier molecular flexibility index (Phi) is 10.00. The molecule has 2 aliphatic rings. The molecule has 2 aromatic heterocycles. The van der Waals surface area contributed by atoms with Crippen LogP contribution in [0.2, 0.25) is 0 Å². The van der Waals surface area contributed by atoms with Crippen molar-refractivity contribution < 1.29 is 0 Å². The Bertz CT molecular complexity index is 1100. The Balaban J connectivity index is 1.01. The lowest BCUT2D eigenvalue weighted by atomic mass is 9.95. The van der Waals surface area contributed by atoms with Gasteiger partial charge in [-0.1, -0.05) is 43.5 Å². The van der Waals surface area contributed by atoms with Crippen molar-refractivity contribution in [3.8, 4) is 0 Å². The molecule has 0 spiro atoms. The normalized spacial score (nSPS) is 17.0. The Hall–Kier alpha value is -3.21. The molecule has 1 saturated heterocycles. The summed E-state index contributed by atoms with van der Waals surface area (Å²) in [6, 6.07) is 11.3. The second-order valence-electron chi connectivity index (χ2n) is 10.8. The molecule has 0 radical (unpaired) electrons. The van der Waals surface area contributed by atoms with Crippen LogP contribution in [-0.2, 0) is 19.6 Å². The summed E-state index contributed by atoms with van der Waals surface area (Å²) in [7, 11) is 0. The quantitative estimate of drug-likeness (QED) is 0.211. The lowest BCUT2D eigenvalue weighted by Gasteiger charge is -2.35. The van der Waals surface area contributed by atoms with Crippen LogP contribution in [0.1, 0.15) is 55.5 Å². The number of nitrogens with one attached hydrogen (secondary N) is 4. The van der Waals surface area contributed by atoms with E-state index in [0.717, 1.165) is 70.0 Å². The summed E-state index contributed by atoms with van der Waals surface area (Å²) < 4.78 is 0. The summed E-state index contributed by atoms with van der Waals surface area (Å²) in [5.41, 5.74) is 8.62. The topological polar surface area (TPSA) is 123 Å². The van der Waals surface area contributed by atoms with Crippen LogP contribution in [0.5, 0.6) is 0 Å². The van der Waals surface area contributed by atoms with Gasteiger partial charge in [-0.25, -0.2) is 4.98 Å². The molecule has 0 unspecified atom stereocenters. The molecule has 0 bridgehead atoms. The van der Waals surface area contributed by atoms with E-state index in [4.69, 9.17) is 10.7 Å². The van der Waals surface area contributed by atoms with Gasteiger partial charge >= 0.3 is 0 Å². The van der Waals surface area contributed by atoms with Gasteiger partial charge in [0.1, 0.15) is 17.5 Å². The maximum Gasteiger partial charge on any atom is 0.226 e. The summed E-state index contributed by atoms with van der Waals surface area (Å²) >= 11 is 0. The molecule has 10 nitrogen and oxygen atoms in total. The van der Waals surface area contributed by atoms with Gasteiger partial charge in [-0.15, -0.1) is 0 Å². The predicted octanol–water partition coefficient (Wildman–Crippen LogP) is 3.12. The molecule has 3 heterocycles. The van der Waals surface area contributed by atoms with Crippen molar-refractivity contribution in [3.05, 3.63) is 59.7 Å². The molecule has 1 aromatic carbocycles.